The van der Waals surface area contributed by atoms with E-state index >= 15 is 0 Å². The van der Waals surface area contributed by atoms with Gasteiger partial charge in [-0.15, -0.1) is 37.1 Å². The minimum absolute atomic E-state index is 0. The molecule has 1 aromatic rings. The van der Waals surface area contributed by atoms with Gasteiger partial charge in [-0.05, 0) is 18.9 Å². The quantitative estimate of drug-likeness (QED) is 0.162. The molecule has 0 amide bonds. The fraction of sp³-hybridized carbons (Fsp3) is 0.556. The molecule has 1 rings (SSSR count). The molecule has 2 N–H and O–H groups in total. The van der Waals surface area contributed by atoms with Crippen LogP contribution in [-0.2, 0) is 16.1 Å². The minimum Gasteiger partial charge on any atom is -0.469 e. The summed E-state index contributed by atoms with van der Waals surface area (Å²) in [6.45, 7) is 0.809. The van der Waals surface area contributed by atoms with Gasteiger partial charge in [-0.2, -0.15) is 0 Å². The molecule has 6 nitrogen and oxygen atoms in total. The highest BCUT2D eigenvalue weighted by molar-refractivity contribution is 14.0. The molecular formula is C18H27F3IN3O3. The summed E-state index contributed by atoms with van der Waals surface area (Å²) in [4.78, 5) is 15.0. The predicted molar refractivity (Wildman–Crippen MR) is 112 cm³/mol. The van der Waals surface area contributed by atoms with Gasteiger partial charge in [-0.3, -0.25) is 9.79 Å². The van der Waals surface area contributed by atoms with Crippen LogP contribution >= 0.6 is 24.0 Å². The van der Waals surface area contributed by atoms with Crippen LogP contribution < -0.4 is 15.4 Å². The highest BCUT2D eigenvalue weighted by Gasteiger charge is 2.31. The van der Waals surface area contributed by atoms with Crippen LogP contribution in [-0.4, -0.2) is 39.0 Å². The first kappa shape index (κ1) is 26.3. The second kappa shape index (κ2) is 14.3. The minimum atomic E-state index is -4.73. The highest BCUT2D eigenvalue weighted by Crippen LogP contribution is 2.25. The standard InChI is InChI=1S/C18H26F3N3O3.HI/c1-22-17(23-12-8-4-3-5-11-16(25)26-2)24-13-14-9-6-7-10-15(14)27-18(19,20)21;/h6-7,9-10H,3-5,8,11-13H2,1-2H3,(H2,22,23,24);1H. The van der Waals surface area contributed by atoms with Crippen LogP contribution in [0.15, 0.2) is 29.3 Å². The number of hydrogen-bond acceptors (Lipinski definition) is 4. The number of carbonyl (C=O) groups excluding carboxylic acids is 1. The number of unbranched alkanes of at least 4 members (excludes halogenated alkanes) is 3. The molecule has 0 heterocycles. The van der Waals surface area contributed by atoms with Crippen LogP contribution in [0.3, 0.4) is 0 Å². The Kier molecular flexibility index (Phi) is 13.4. The molecule has 0 aliphatic rings. The first-order chi connectivity index (χ1) is 12.9. The number of alkyl halides is 3. The number of guanidine groups is 1. The number of nitrogens with zero attached hydrogens (tertiary/aromatic N) is 1. The van der Waals surface area contributed by atoms with Gasteiger partial charge in [0.05, 0.1) is 7.11 Å². The smallest absolute Gasteiger partial charge is 0.469 e. The number of ether oxygens (including phenoxy) is 2. The third-order valence-corrected chi connectivity index (χ3v) is 3.70. The van der Waals surface area contributed by atoms with Crippen LogP contribution in [0, 0.1) is 0 Å². The SMILES string of the molecule is CN=C(NCCCCCCC(=O)OC)NCc1ccccc1OC(F)(F)F.I. The third kappa shape index (κ3) is 11.9. The monoisotopic (exact) mass is 517 g/mol. The van der Waals surface area contributed by atoms with Gasteiger partial charge in [-0.25, -0.2) is 0 Å². The Hall–Kier alpha value is -1.72. The molecule has 0 unspecified atom stereocenters. The van der Waals surface area contributed by atoms with Crippen LogP contribution in [0.1, 0.15) is 37.7 Å². The number of methoxy groups -OCH3 is 1. The second-order valence-corrected chi connectivity index (χ2v) is 5.75. The second-order valence-electron chi connectivity index (χ2n) is 5.75. The van der Waals surface area contributed by atoms with Crippen LogP contribution in [0.2, 0.25) is 0 Å². The lowest BCUT2D eigenvalue weighted by molar-refractivity contribution is -0.274. The molecule has 160 valence electrons. The Morgan fingerprint density at radius 3 is 2.43 bits per heavy atom. The van der Waals surface area contributed by atoms with E-state index in [2.05, 4.69) is 25.1 Å². The van der Waals surface area contributed by atoms with Crippen molar-refractivity contribution < 1.29 is 27.4 Å². The van der Waals surface area contributed by atoms with Gasteiger partial charge in [0, 0.05) is 32.1 Å². The maximum absolute atomic E-state index is 12.4. The van der Waals surface area contributed by atoms with Crippen molar-refractivity contribution in [2.45, 2.75) is 45.0 Å². The molecule has 0 saturated heterocycles. The number of rotatable bonds is 10. The molecule has 10 heteroatoms. The molecule has 0 bridgehead atoms. The number of para-hydroxylation sites is 1. The van der Waals surface area contributed by atoms with Crippen molar-refractivity contribution in [3.63, 3.8) is 0 Å². The Labute approximate surface area is 180 Å². The van der Waals surface area contributed by atoms with E-state index in [1.807, 2.05) is 0 Å². The Morgan fingerprint density at radius 1 is 1.11 bits per heavy atom. The largest absolute Gasteiger partial charge is 0.573 e. The maximum atomic E-state index is 12.4. The lowest BCUT2D eigenvalue weighted by Crippen LogP contribution is -2.37. The molecule has 0 aromatic heterocycles. The maximum Gasteiger partial charge on any atom is 0.573 e. The zero-order chi connectivity index (χ0) is 20.1. The number of hydrogen-bond donors (Lipinski definition) is 2. The molecule has 0 spiro atoms. The van der Waals surface area contributed by atoms with Crippen molar-refractivity contribution >= 4 is 35.9 Å². The molecule has 0 aliphatic heterocycles. The van der Waals surface area contributed by atoms with E-state index in [0.29, 0.717) is 24.5 Å². The van der Waals surface area contributed by atoms with Crippen molar-refractivity contribution in [1.82, 2.24) is 10.6 Å². The first-order valence-corrected chi connectivity index (χ1v) is 8.70. The van der Waals surface area contributed by atoms with Gasteiger partial charge in [0.25, 0.3) is 0 Å². The fourth-order valence-electron chi connectivity index (χ4n) is 2.33. The molecule has 0 saturated carbocycles. The highest BCUT2D eigenvalue weighted by atomic mass is 127. The normalized spacial score (nSPS) is 11.4. The van der Waals surface area contributed by atoms with Crippen molar-refractivity contribution in [2.75, 3.05) is 20.7 Å². The number of halogens is 4. The van der Waals surface area contributed by atoms with E-state index in [4.69, 9.17) is 0 Å². The molecule has 0 atom stereocenters. The summed E-state index contributed by atoms with van der Waals surface area (Å²) in [5, 5.41) is 6.07. The van der Waals surface area contributed by atoms with Crippen molar-refractivity contribution in [2.24, 2.45) is 4.99 Å². The van der Waals surface area contributed by atoms with Crippen molar-refractivity contribution in [3.8, 4) is 5.75 Å². The molecule has 0 aliphatic carbocycles. The Bertz CT molecular complexity index is 613. The summed E-state index contributed by atoms with van der Waals surface area (Å²) in [6.07, 6.45) is -0.768. The molecule has 1 aromatic carbocycles. The molecule has 0 radical (unpaired) electrons. The van der Waals surface area contributed by atoms with Gasteiger partial charge < -0.3 is 20.1 Å². The molecule has 0 fully saturated rings. The summed E-state index contributed by atoms with van der Waals surface area (Å²) >= 11 is 0. The van der Waals surface area contributed by atoms with E-state index < -0.39 is 6.36 Å². The van der Waals surface area contributed by atoms with Gasteiger partial charge in [0.1, 0.15) is 5.75 Å². The molecule has 28 heavy (non-hydrogen) atoms. The summed E-state index contributed by atoms with van der Waals surface area (Å²) < 4.78 is 45.9. The Balaban J connectivity index is 0.00000729. The van der Waals surface area contributed by atoms with Gasteiger partial charge in [0.2, 0.25) is 0 Å². The zero-order valence-electron chi connectivity index (χ0n) is 16.0. The van der Waals surface area contributed by atoms with E-state index in [0.717, 1.165) is 25.7 Å². The van der Waals surface area contributed by atoms with E-state index in [-0.39, 0.29) is 42.2 Å². The van der Waals surface area contributed by atoms with E-state index in [1.54, 1.807) is 19.2 Å². The van der Waals surface area contributed by atoms with Crippen LogP contribution in [0.5, 0.6) is 5.75 Å². The van der Waals surface area contributed by atoms with Crippen molar-refractivity contribution in [1.29, 1.82) is 0 Å². The van der Waals surface area contributed by atoms with Crippen LogP contribution in [0.25, 0.3) is 0 Å². The number of nitrogens with one attached hydrogen (secondary N) is 2. The van der Waals surface area contributed by atoms with Gasteiger partial charge >= 0.3 is 12.3 Å². The topological polar surface area (TPSA) is 72.0 Å². The zero-order valence-corrected chi connectivity index (χ0v) is 18.3. The number of benzene rings is 1. The summed E-state index contributed by atoms with van der Waals surface area (Å²) in [7, 11) is 2.96. The number of esters is 1. The predicted octanol–water partition coefficient (Wildman–Crippen LogP) is 3.99. The average Bonchev–Trinajstić information content (AvgIpc) is 2.63. The number of aliphatic imine (C=N–C) groups is 1. The Morgan fingerprint density at radius 2 is 1.79 bits per heavy atom. The van der Waals surface area contributed by atoms with Crippen LogP contribution in [0.4, 0.5) is 13.2 Å². The average molecular weight is 517 g/mol. The molecular weight excluding hydrogens is 490 g/mol. The summed E-state index contributed by atoms with van der Waals surface area (Å²) in [5.74, 6) is 0.0532. The van der Waals surface area contributed by atoms with Crippen molar-refractivity contribution in [3.05, 3.63) is 29.8 Å². The summed E-state index contributed by atoms with van der Waals surface area (Å²) in [5.41, 5.74) is 0.376. The van der Waals surface area contributed by atoms with E-state index in [1.165, 1.54) is 19.2 Å². The van der Waals surface area contributed by atoms with Gasteiger partial charge in [-0.1, -0.05) is 31.0 Å². The number of carbonyl (C=O) groups is 1. The van der Waals surface area contributed by atoms with E-state index in [9.17, 15) is 18.0 Å². The summed E-state index contributed by atoms with van der Waals surface area (Å²) in [6, 6.07) is 5.96. The van der Waals surface area contributed by atoms with Gasteiger partial charge in [0.15, 0.2) is 5.96 Å². The fourth-order valence-corrected chi connectivity index (χ4v) is 2.33. The third-order valence-electron chi connectivity index (χ3n) is 3.70. The lowest BCUT2D eigenvalue weighted by atomic mass is 10.1. The lowest BCUT2D eigenvalue weighted by Gasteiger charge is -2.15. The first-order valence-electron chi connectivity index (χ1n) is 8.70.